The van der Waals surface area contributed by atoms with Crippen LogP contribution in [0.3, 0.4) is 0 Å². The zero-order valence-electron chi connectivity index (χ0n) is 14.7. The largest absolute Gasteiger partial charge is 0.497 e. The Kier molecular flexibility index (Phi) is 3.26. The molecule has 0 amide bonds. The minimum atomic E-state index is 0.852. The van der Waals surface area contributed by atoms with E-state index in [1.165, 1.54) is 32.3 Å². The highest BCUT2D eigenvalue weighted by molar-refractivity contribution is 6.26. The molecule has 0 heterocycles. The lowest BCUT2D eigenvalue weighted by molar-refractivity contribution is 0.414. The first-order valence-electron chi connectivity index (χ1n) is 8.69. The number of hydrogen-bond donors (Lipinski definition) is 0. The quantitative estimate of drug-likeness (QED) is 0.361. The maximum Gasteiger partial charge on any atom is 0.127 e. The molecule has 0 N–H and O–H groups in total. The minimum absolute atomic E-state index is 0.852. The predicted octanol–water partition coefficient (Wildman–Crippen LogP) is 6.27. The van der Waals surface area contributed by atoms with Gasteiger partial charge in [0.2, 0.25) is 0 Å². The Bertz CT molecular complexity index is 1220. The molecule has 0 fully saturated rings. The summed E-state index contributed by atoms with van der Waals surface area (Å²) in [5, 5.41) is 7.58. The average molecular weight is 338 g/mol. The second-order valence-electron chi connectivity index (χ2n) is 6.54. The molecule has 0 saturated heterocycles. The summed E-state index contributed by atoms with van der Waals surface area (Å²) in [5.74, 6) is 1.74. The smallest absolute Gasteiger partial charge is 0.127 e. The molecule has 0 unspecified atom stereocenters. The molecule has 26 heavy (non-hydrogen) atoms. The number of hydrogen-bond acceptors (Lipinski definition) is 2. The van der Waals surface area contributed by atoms with Crippen LogP contribution < -0.4 is 9.47 Å². The van der Waals surface area contributed by atoms with Gasteiger partial charge in [0.1, 0.15) is 11.5 Å². The highest BCUT2D eigenvalue weighted by Crippen LogP contribution is 2.44. The maximum atomic E-state index is 5.77. The van der Waals surface area contributed by atoms with Crippen LogP contribution in [0.5, 0.6) is 11.5 Å². The van der Waals surface area contributed by atoms with Crippen LogP contribution in [0.15, 0.2) is 72.8 Å². The number of methoxy groups -OCH3 is 2. The summed E-state index contributed by atoms with van der Waals surface area (Å²) in [4.78, 5) is 0. The number of rotatable bonds is 3. The van der Waals surface area contributed by atoms with Gasteiger partial charge in [-0.25, -0.2) is 0 Å². The Balaban J connectivity index is 1.94. The van der Waals surface area contributed by atoms with Gasteiger partial charge in [0.05, 0.1) is 14.2 Å². The van der Waals surface area contributed by atoms with Gasteiger partial charge in [0.15, 0.2) is 0 Å². The van der Waals surface area contributed by atoms with Crippen LogP contribution in [-0.2, 0) is 0 Å². The summed E-state index contributed by atoms with van der Waals surface area (Å²) in [6.45, 7) is 0. The fourth-order valence-electron chi connectivity index (χ4n) is 4.00. The van der Waals surface area contributed by atoms with E-state index < -0.39 is 0 Å². The molecule has 0 aliphatic heterocycles. The first-order valence-corrected chi connectivity index (χ1v) is 8.69. The average Bonchev–Trinajstić information content (AvgIpc) is 2.71. The fraction of sp³-hybridized carbons (Fsp3) is 0.0833. The predicted molar refractivity (Wildman–Crippen MR) is 109 cm³/mol. The molecule has 2 heteroatoms. The molecule has 0 radical (unpaired) electrons. The molecular weight excluding hydrogens is 320 g/mol. The third-order valence-corrected chi connectivity index (χ3v) is 5.21. The summed E-state index contributed by atoms with van der Waals surface area (Å²) >= 11 is 0. The molecule has 5 rings (SSSR count). The summed E-state index contributed by atoms with van der Waals surface area (Å²) in [7, 11) is 3.42. The highest BCUT2D eigenvalue weighted by atomic mass is 16.5. The van der Waals surface area contributed by atoms with Crippen molar-refractivity contribution in [2.24, 2.45) is 0 Å². The second kappa shape index (κ2) is 5.63. The monoisotopic (exact) mass is 338 g/mol. The summed E-state index contributed by atoms with van der Waals surface area (Å²) < 4.78 is 11.1. The molecule has 0 aliphatic carbocycles. The Morgan fingerprint density at radius 2 is 1.31 bits per heavy atom. The number of ether oxygens (including phenoxy) is 2. The van der Waals surface area contributed by atoms with Crippen LogP contribution in [0, 0.1) is 0 Å². The highest BCUT2D eigenvalue weighted by Gasteiger charge is 2.16. The Morgan fingerprint density at radius 3 is 2.00 bits per heavy atom. The lowest BCUT2D eigenvalue weighted by Crippen LogP contribution is -1.93. The van der Waals surface area contributed by atoms with Gasteiger partial charge < -0.3 is 9.47 Å². The molecule has 126 valence electrons. The lowest BCUT2D eigenvalue weighted by Gasteiger charge is -2.17. The maximum absolute atomic E-state index is 5.77. The van der Waals surface area contributed by atoms with Crippen molar-refractivity contribution >= 4 is 32.3 Å². The van der Waals surface area contributed by atoms with E-state index in [1.807, 2.05) is 12.1 Å². The topological polar surface area (TPSA) is 18.5 Å². The van der Waals surface area contributed by atoms with Crippen molar-refractivity contribution in [2.75, 3.05) is 14.2 Å². The zero-order valence-corrected chi connectivity index (χ0v) is 14.7. The minimum Gasteiger partial charge on any atom is -0.497 e. The van der Waals surface area contributed by atoms with E-state index in [0.29, 0.717) is 0 Å². The van der Waals surface area contributed by atoms with Crippen molar-refractivity contribution in [3.63, 3.8) is 0 Å². The molecule has 0 atom stereocenters. The van der Waals surface area contributed by atoms with Crippen LogP contribution in [0.25, 0.3) is 43.4 Å². The van der Waals surface area contributed by atoms with E-state index in [9.17, 15) is 0 Å². The van der Waals surface area contributed by atoms with Gasteiger partial charge in [0, 0.05) is 5.56 Å². The van der Waals surface area contributed by atoms with Gasteiger partial charge in [-0.15, -0.1) is 0 Å². The van der Waals surface area contributed by atoms with E-state index in [0.717, 1.165) is 22.6 Å². The van der Waals surface area contributed by atoms with Crippen molar-refractivity contribution in [2.45, 2.75) is 0 Å². The first-order chi connectivity index (χ1) is 12.8. The fourth-order valence-corrected chi connectivity index (χ4v) is 4.00. The third kappa shape index (κ3) is 2.05. The first kappa shape index (κ1) is 15.0. The van der Waals surface area contributed by atoms with Crippen LogP contribution in [-0.4, -0.2) is 14.2 Å². The van der Waals surface area contributed by atoms with Gasteiger partial charge >= 0.3 is 0 Å². The molecule has 0 bridgehead atoms. The molecule has 0 spiro atoms. The molecule has 2 nitrogen and oxygen atoms in total. The third-order valence-electron chi connectivity index (χ3n) is 5.21. The van der Waals surface area contributed by atoms with E-state index in [-0.39, 0.29) is 0 Å². The molecule has 0 aliphatic rings. The molecule has 5 aromatic carbocycles. The Labute approximate surface area is 151 Å². The van der Waals surface area contributed by atoms with Crippen LogP contribution in [0.4, 0.5) is 0 Å². The Morgan fingerprint density at radius 1 is 0.615 bits per heavy atom. The molecular formula is C24H18O2. The van der Waals surface area contributed by atoms with Crippen molar-refractivity contribution in [3.8, 4) is 22.6 Å². The van der Waals surface area contributed by atoms with E-state index >= 15 is 0 Å². The van der Waals surface area contributed by atoms with Gasteiger partial charge in [0.25, 0.3) is 0 Å². The number of benzene rings is 5. The van der Waals surface area contributed by atoms with Crippen molar-refractivity contribution in [1.29, 1.82) is 0 Å². The normalized spacial score (nSPS) is 11.5. The van der Waals surface area contributed by atoms with E-state index in [1.54, 1.807) is 14.2 Å². The van der Waals surface area contributed by atoms with Gasteiger partial charge in [-0.2, -0.15) is 0 Å². The molecule has 0 saturated carbocycles. The van der Waals surface area contributed by atoms with Gasteiger partial charge in [-0.3, -0.25) is 0 Å². The van der Waals surface area contributed by atoms with Gasteiger partial charge in [-0.05, 0) is 56.1 Å². The standard InChI is InChI=1S/C24H18O2/c1-25-19-11-8-17(9-12-19)23-20-13-10-16-5-3-4-15-6-7-18(14-21(23)26-2)24(20)22(15)16/h3-14H,1-2H3. The summed E-state index contributed by atoms with van der Waals surface area (Å²) in [6, 6.07) is 25.6. The summed E-state index contributed by atoms with van der Waals surface area (Å²) in [5.41, 5.74) is 2.25. The SMILES string of the molecule is COc1ccc(-c2c(OC)cc3ccc4cccc5ccc2c3c45)cc1. The van der Waals surface area contributed by atoms with Crippen molar-refractivity contribution in [3.05, 3.63) is 72.8 Å². The van der Waals surface area contributed by atoms with Crippen molar-refractivity contribution < 1.29 is 9.47 Å². The molecule has 0 aromatic heterocycles. The van der Waals surface area contributed by atoms with Crippen LogP contribution in [0.1, 0.15) is 0 Å². The van der Waals surface area contributed by atoms with E-state index in [4.69, 9.17) is 9.47 Å². The molecule has 5 aromatic rings. The Hall–Kier alpha value is -3.26. The zero-order chi connectivity index (χ0) is 17.7. The summed E-state index contributed by atoms with van der Waals surface area (Å²) in [6.07, 6.45) is 0. The lowest BCUT2D eigenvalue weighted by atomic mass is 9.89. The van der Waals surface area contributed by atoms with Gasteiger partial charge in [-0.1, -0.05) is 54.6 Å². The van der Waals surface area contributed by atoms with Crippen molar-refractivity contribution in [1.82, 2.24) is 0 Å². The van der Waals surface area contributed by atoms with Crippen LogP contribution in [0.2, 0.25) is 0 Å². The van der Waals surface area contributed by atoms with E-state index in [2.05, 4.69) is 60.7 Å². The second-order valence-corrected chi connectivity index (χ2v) is 6.54. The van der Waals surface area contributed by atoms with Crippen LogP contribution >= 0.6 is 0 Å².